The predicted molar refractivity (Wildman–Crippen MR) is 48.8 cm³/mol. The largest absolute Gasteiger partial charge is 0.280 e. The zero-order valence-corrected chi connectivity index (χ0v) is 8.35. The Kier molecular flexibility index (Phi) is 3.32. The highest BCUT2D eigenvalue weighted by Crippen LogP contribution is 2.22. The first kappa shape index (κ1) is 11.5. The van der Waals surface area contributed by atoms with E-state index < -0.39 is 17.4 Å². The van der Waals surface area contributed by atoms with Gasteiger partial charge in [-0.1, -0.05) is 0 Å². The van der Waals surface area contributed by atoms with Crippen molar-refractivity contribution in [2.75, 3.05) is 0 Å². The Labute approximate surface area is 89.3 Å². The molecular weight excluding hydrogens is 226 g/mol. The molecule has 0 amide bonds. The third-order valence-corrected chi connectivity index (χ3v) is 1.95. The van der Waals surface area contributed by atoms with Crippen molar-refractivity contribution in [3.05, 3.63) is 28.6 Å². The summed E-state index contributed by atoms with van der Waals surface area (Å²) in [6.07, 6.45) is -2.78. The van der Waals surface area contributed by atoms with Crippen LogP contribution in [0.25, 0.3) is 0 Å². The molecule has 78 valence electrons. The van der Waals surface area contributed by atoms with Crippen LogP contribution in [0.15, 0.2) is 6.07 Å². The van der Waals surface area contributed by atoms with E-state index in [4.69, 9.17) is 16.9 Å². The minimum Gasteiger partial charge on any atom is -0.275 e. The maximum atomic E-state index is 12.3. The van der Waals surface area contributed by atoms with E-state index in [-0.39, 0.29) is 16.8 Å². The van der Waals surface area contributed by atoms with Crippen molar-refractivity contribution in [1.29, 1.82) is 5.26 Å². The Morgan fingerprint density at radius 1 is 1.67 bits per heavy atom. The standard InChI is InChI=1S/C9H5ClF2N2O/c1-4-7(8(10)15)5(3-13)2-6(14-4)9(11)12/h2,9H,1H3. The third-order valence-electron chi connectivity index (χ3n) is 1.76. The molecular formula is C9H5ClF2N2O. The first-order valence-corrected chi connectivity index (χ1v) is 4.24. The van der Waals surface area contributed by atoms with E-state index in [0.717, 1.165) is 6.07 Å². The van der Waals surface area contributed by atoms with Crippen molar-refractivity contribution < 1.29 is 13.6 Å². The fourth-order valence-electron chi connectivity index (χ4n) is 1.14. The summed E-state index contributed by atoms with van der Waals surface area (Å²) in [5, 5.41) is 7.79. The van der Waals surface area contributed by atoms with Crippen molar-refractivity contribution in [2.24, 2.45) is 0 Å². The van der Waals surface area contributed by atoms with Crippen LogP contribution in [0.4, 0.5) is 8.78 Å². The molecule has 0 aliphatic heterocycles. The molecule has 1 aromatic rings. The molecule has 6 heteroatoms. The fraction of sp³-hybridized carbons (Fsp3) is 0.222. The molecule has 0 bridgehead atoms. The fourth-order valence-corrected chi connectivity index (χ4v) is 1.38. The second-order valence-electron chi connectivity index (χ2n) is 2.74. The van der Waals surface area contributed by atoms with Gasteiger partial charge in [-0.15, -0.1) is 0 Å². The van der Waals surface area contributed by atoms with E-state index in [1.807, 2.05) is 0 Å². The lowest BCUT2D eigenvalue weighted by Crippen LogP contribution is -2.04. The molecule has 0 unspecified atom stereocenters. The number of aryl methyl sites for hydroxylation is 1. The van der Waals surface area contributed by atoms with Gasteiger partial charge >= 0.3 is 0 Å². The zero-order valence-electron chi connectivity index (χ0n) is 7.59. The Balaban J connectivity index is 3.46. The summed E-state index contributed by atoms with van der Waals surface area (Å²) in [6, 6.07) is 2.50. The molecule has 15 heavy (non-hydrogen) atoms. The van der Waals surface area contributed by atoms with Gasteiger partial charge in [0.05, 0.1) is 16.8 Å². The molecule has 0 spiro atoms. The summed E-state index contributed by atoms with van der Waals surface area (Å²) in [5.41, 5.74) is -0.809. The van der Waals surface area contributed by atoms with E-state index >= 15 is 0 Å². The smallest absolute Gasteiger partial charge is 0.275 e. The highest BCUT2D eigenvalue weighted by molar-refractivity contribution is 6.68. The third kappa shape index (κ3) is 2.28. The number of hydrogen-bond donors (Lipinski definition) is 0. The number of rotatable bonds is 2. The van der Waals surface area contributed by atoms with Gasteiger partial charge < -0.3 is 0 Å². The second kappa shape index (κ2) is 4.32. The molecule has 0 saturated carbocycles. The van der Waals surface area contributed by atoms with Crippen molar-refractivity contribution in [2.45, 2.75) is 13.3 Å². The van der Waals surface area contributed by atoms with E-state index in [0.29, 0.717) is 0 Å². The second-order valence-corrected chi connectivity index (χ2v) is 3.08. The molecule has 1 rings (SSSR count). The van der Waals surface area contributed by atoms with Gasteiger partial charge in [-0.25, -0.2) is 8.78 Å². The lowest BCUT2D eigenvalue weighted by atomic mass is 10.1. The maximum absolute atomic E-state index is 12.3. The minimum absolute atomic E-state index is 0.0318. The molecule has 0 N–H and O–H groups in total. The molecule has 0 aromatic carbocycles. The van der Waals surface area contributed by atoms with Crippen LogP contribution in [0.3, 0.4) is 0 Å². The number of halogens is 3. The maximum Gasteiger partial charge on any atom is 0.280 e. The molecule has 0 aliphatic carbocycles. The Bertz CT molecular complexity index is 454. The Morgan fingerprint density at radius 2 is 2.27 bits per heavy atom. The summed E-state index contributed by atoms with van der Waals surface area (Å²) >= 11 is 5.21. The number of carbonyl (C=O) groups excluding carboxylic acids is 1. The number of carbonyl (C=O) groups is 1. The van der Waals surface area contributed by atoms with Crippen molar-refractivity contribution >= 4 is 16.8 Å². The molecule has 1 aromatic heterocycles. The highest BCUT2D eigenvalue weighted by atomic mass is 35.5. The van der Waals surface area contributed by atoms with Crippen LogP contribution in [0, 0.1) is 18.3 Å². The SMILES string of the molecule is Cc1nc(C(F)F)cc(C#N)c1C(=O)Cl. The predicted octanol–water partition coefficient (Wildman–Crippen LogP) is 2.58. The van der Waals surface area contributed by atoms with Crippen LogP contribution in [0.5, 0.6) is 0 Å². The molecule has 0 saturated heterocycles. The number of aromatic nitrogens is 1. The number of alkyl halides is 2. The van der Waals surface area contributed by atoms with Gasteiger partial charge in [-0.2, -0.15) is 5.26 Å². The van der Waals surface area contributed by atoms with Gasteiger partial charge in [-0.05, 0) is 24.6 Å². The molecule has 0 fully saturated rings. The first-order valence-electron chi connectivity index (χ1n) is 3.87. The lowest BCUT2D eigenvalue weighted by Gasteiger charge is -2.05. The summed E-state index contributed by atoms with van der Waals surface area (Å²) in [6.45, 7) is 1.35. The summed E-state index contributed by atoms with van der Waals surface area (Å²) < 4.78 is 24.6. The van der Waals surface area contributed by atoms with Crippen LogP contribution < -0.4 is 0 Å². The van der Waals surface area contributed by atoms with E-state index in [2.05, 4.69) is 4.98 Å². The van der Waals surface area contributed by atoms with E-state index in [1.54, 1.807) is 6.07 Å². The van der Waals surface area contributed by atoms with Gasteiger partial charge in [0, 0.05) is 0 Å². The zero-order chi connectivity index (χ0) is 11.6. The molecule has 0 aliphatic rings. The van der Waals surface area contributed by atoms with Gasteiger partial charge in [0.1, 0.15) is 11.8 Å². The lowest BCUT2D eigenvalue weighted by molar-refractivity contribution is 0.107. The van der Waals surface area contributed by atoms with Gasteiger partial charge in [0.2, 0.25) is 0 Å². The first-order chi connectivity index (χ1) is 6.97. The van der Waals surface area contributed by atoms with Gasteiger partial charge in [0.15, 0.2) is 0 Å². The molecule has 3 nitrogen and oxygen atoms in total. The van der Waals surface area contributed by atoms with Crippen LogP contribution in [0.2, 0.25) is 0 Å². The van der Waals surface area contributed by atoms with Crippen LogP contribution in [0.1, 0.15) is 33.7 Å². The van der Waals surface area contributed by atoms with Gasteiger partial charge in [-0.3, -0.25) is 9.78 Å². The van der Waals surface area contributed by atoms with E-state index in [1.165, 1.54) is 6.92 Å². The Morgan fingerprint density at radius 3 is 2.67 bits per heavy atom. The summed E-state index contributed by atoms with van der Waals surface area (Å²) in [7, 11) is 0. The average Bonchev–Trinajstić information content (AvgIpc) is 2.15. The highest BCUT2D eigenvalue weighted by Gasteiger charge is 2.18. The average molecular weight is 231 g/mol. The topological polar surface area (TPSA) is 53.8 Å². The number of pyridine rings is 1. The quantitative estimate of drug-likeness (QED) is 0.734. The van der Waals surface area contributed by atoms with Crippen molar-refractivity contribution in [3.63, 3.8) is 0 Å². The number of hydrogen-bond acceptors (Lipinski definition) is 3. The molecule has 1 heterocycles. The Hall–Kier alpha value is -1.54. The van der Waals surface area contributed by atoms with Crippen molar-refractivity contribution in [3.8, 4) is 6.07 Å². The van der Waals surface area contributed by atoms with Gasteiger partial charge in [0.25, 0.3) is 11.7 Å². The van der Waals surface area contributed by atoms with Crippen LogP contribution in [-0.4, -0.2) is 10.2 Å². The van der Waals surface area contributed by atoms with Crippen LogP contribution in [-0.2, 0) is 0 Å². The van der Waals surface area contributed by atoms with Crippen molar-refractivity contribution in [1.82, 2.24) is 4.98 Å². The minimum atomic E-state index is -2.78. The molecule has 0 atom stereocenters. The van der Waals surface area contributed by atoms with E-state index in [9.17, 15) is 13.6 Å². The normalized spacial score (nSPS) is 10.1. The summed E-state index contributed by atoms with van der Waals surface area (Å²) in [5.74, 6) is 0. The summed E-state index contributed by atoms with van der Waals surface area (Å²) in [4.78, 5) is 14.4. The van der Waals surface area contributed by atoms with Crippen LogP contribution >= 0.6 is 11.6 Å². The number of nitrogens with zero attached hydrogens (tertiary/aromatic N) is 2. The number of nitriles is 1. The molecule has 0 radical (unpaired) electrons. The monoisotopic (exact) mass is 230 g/mol.